The lowest BCUT2D eigenvalue weighted by atomic mass is 9.78. The van der Waals surface area contributed by atoms with E-state index >= 15 is 0 Å². The Morgan fingerprint density at radius 3 is 2.55 bits per heavy atom. The zero-order valence-corrected chi connectivity index (χ0v) is 20.2. The van der Waals surface area contributed by atoms with E-state index in [4.69, 9.17) is 9.47 Å². The number of carbonyl (C=O) groups excluding carboxylic acids is 3. The number of amides is 2. The summed E-state index contributed by atoms with van der Waals surface area (Å²) in [7, 11) is 2.70. The Labute approximate surface area is 203 Å². The van der Waals surface area contributed by atoms with Gasteiger partial charge in [-0.2, -0.15) is 5.26 Å². The molecule has 10 heteroatoms. The molecule has 0 spiro atoms. The monoisotopic (exact) mass is 529 g/mol. The molecule has 170 valence electrons. The number of ether oxygens (including phenoxy) is 2. The average Bonchev–Trinajstić information content (AvgIpc) is 2.82. The van der Waals surface area contributed by atoms with Gasteiger partial charge in [-0.15, -0.1) is 0 Å². The molecule has 1 heterocycles. The number of nitriles is 1. The van der Waals surface area contributed by atoms with Crippen molar-refractivity contribution in [3.05, 3.63) is 69.2 Å². The Morgan fingerprint density at radius 1 is 1.21 bits per heavy atom. The maximum atomic E-state index is 12.9. The van der Waals surface area contributed by atoms with Crippen molar-refractivity contribution >= 4 is 51.2 Å². The Hall–Kier alpha value is -3.29. The molecular weight excluding hydrogens is 510 g/mol. The van der Waals surface area contributed by atoms with Crippen molar-refractivity contribution in [2.24, 2.45) is 5.92 Å². The van der Waals surface area contributed by atoms with Crippen LogP contribution in [0.3, 0.4) is 0 Å². The number of hydrogen-bond donors (Lipinski definition) is 2. The number of para-hydroxylation sites is 1. The van der Waals surface area contributed by atoms with Gasteiger partial charge < -0.3 is 20.1 Å². The molecule has 0 aliphatic carbocycles. The first kappa shape index (κ1) is 24.4. The van der Waals surface area contributed by atoms with E-state index in [1.54, 1.807) is 42.5 Å². The lowest BCUT2D eigenvalue weighted by Gasteiger charge is -2.31. The fourth-order valence-electron chi connectivity index (χ4n) is 3.41. The lowest BCUT2D eigenvalue weighted by molar-refractivity contribution is -0.150. The summed E-state index contributed by atoms with van der Waals surface area (Å²) in [6.07, 6.45) is 0. The van der Waals surface area contributed by atoms with Crippen molar-refractivity contribution < 1.29 is 23.9 Å². The van der Waals surface area contributed by atoms with Crippen LogP contribution in [0.15, 0.2) is 63.6 Å². The van der Waals surface area contributed by atoms with E-state index in [0.717, 1.165) is 11.8 Å². The van der Waals surface area contributed by atoms with E-state index in [2.05, 4.69) is 32.6 Å². The number of benzene rings is 2. The molecule has 0 aromatic heterocycles. The van der Waals surface area contributed by atoms with E-state index in [-0.39, 0.29) is 22.3 Å². The van der Waals surface area contributed by atoms with Crippen LogP contribution in [-0.4, -0.2) is 37.8 Å². The number of nitrogens with zero attached hydrogens (tertiary/aromatic N) is 1. The van der Waals surface area contributed by atoms with Gasteiger partial charge in [-0.1, -0.05) is 36.0 Å². The molecule has 2 N–H and O–H groups in total. The molecule has 2 aromatic rings. The average molecular weight is 530 g/mol. The molecule has 0 unspecified atom stereocenters. The molecule has 0 saturated heterocycles. The molecule has 2 aromatic carbocycles. The minimum absolute atomic E-state index is 0.0440. The standard InChI is InChI=1S/C23H20BrN3O5S/c1-31-17-9-8-13(10-16(17)24)19-15(11-25)22(27-21(29)20(19)23(30)32-2)33-12-18(28)26-14-6-4-3-5-7-14/h3-10,19-20H,12H2,1-2H3,(H,26,28)(H,27,29)/t19-,20-/m0/s1. The molecule has 3 rings (SSSR count). The van der Waals surface area contributed by atoms with E-state index in [0.29, 0.717) is 21.5 Å². The first-order valence-electron chi connectivity index (χ1n) is 9.73. The SMILES string of the molecule is COC(=O)[C@@H]1C(=O)NC(SCC(=O)Nc2ccccc2)=C(C#N)[C@@H]1c1ccc(OC)c(Br)c1. The molecular formula is C23H20BrN3O5S. The molecule has 2 atom stereocenters. The summed E-state index contributed by atoms with van der Waals surface area (Å²) < 4.78 is 10.7. The normalized spacial score (nSPS) is 17.6. The number of nitrogens with one attached hydrogen (secondary N) is 2. The van der Waals surface area contributed by atoms with Crippen LogP contribution in [0, 0.1) is 17.2 Å². The molecule has 1 aliphatic heterocycles. The maximum absolute atomic E-state index is 12.9. The van der Waals surface area contributed by atoms with Crippen LogP contribution in [0.25, 0.3) is 0 Å². The van der Waals surface area contributed by atoms with Crippen molar-refractivity contribution in [3.63, 3.8) is 0 Å². The van der Waals surface area contributed by atoms with Crippen LogP contribution in [0.5, 0.6) is 5.75 Å². The third-order valence-corrected chi connectivity index (χ3v) is 6.56. The second-order valence-corrected chi connectivity index (χ2v) is 8.76. The van der Waals surface area contributed by atoms with E-state index in [1.807, 2.05) is 6.07 Å². The molecule has 0 saturated carbocycles. The van der Waals surface area contributed by atoms with Crippen LogP contribution in [0.1, 0.15) is 11.5 Å². The highest BCUT2D eigenvalue weighted by Crippen LogP contribution is 2.42. The first-order valence-corrected chi connectivity index (χ1v) is 11.5. The lowest BCUT2D eigenvalue weighted by Crippen LogP contribution is -2.44. The van der Waals surface area contributed by atoms with Gasteiger partial charge in [0.2, 0.25) is 11.8 Å². The van der Waals surface area contributed by atoms with Gasteiger partial charge in [0.1, 0.15) is 11.7 Å². The molecule has 2 amide bonds. The van der Waals surface area contributed by atoms with Crippen LogP contribution < -0.4 is 15.4 Å². The largest absolute Gasteiger partial charge is 0.496 e. The van der Waals surface area contributed by atoms with Gasteiger partial charge in [0.05, 0.1) is 41.1 Å². The Bertz CT molecular complexity index is 1150. The fraction of sp³-hybridized carbons (Fsp3) is 0.217. The first-order chi connectivity index (χ1) is 15.9. The second-order valence-electron chi connectivity index (χ2n) is 6.92. The highest BCUT2D eigenvalue weighted by Gasteiger charge is 2.44. The summed E-state index contributed by atoms with van der Waals surface area (Å²) >= 11 is 4.42. The summed E-state index contributed by atoms with van der Waals surface area (Å²) in [6, 6.07) is 16.1. The highest BCUT2D eigenvalue weighted by atomic mass is 79.9. The van der Waals surface area contributed by atoms with Crippen LogP contribution in [0.2, 0.25) is 0 Å². The topological polar surface area (TPSA) is 118 Å². The number of methoxy groups -OCH3 is 2. The summed E-state index contributed by atoms with van der Waals surface area (Å²) in [4.78, 5) is 37.7. The third kappa shape index (κ3) is 5.56. The highest BCUT2D eigenvalue weighted by molar-refractivity contribution is 9.10. The van der Waals surface area contributed by atoms with Crippen LogP contribution >= 0.6 is 27.7 Å². The number of halogens is 1. The summed E-state index contributed by atoms with van der Waals surface area (Å²) in [6.45, 7) is 0. The van der Waals surface area contributed by atoms with Crippen molar-refractivity contribution in [2.45, 2.75) is 5.92 Å². The Kier molecular flexibility index (Phi) is 8.14. The second kappa shape index (κ2) is 11.0. The smallest absolute Gasteiger partial charge is 0.319 e. The fourth-order valence-corrected chi connectivity index (χ4v) is 4.82. The molecule has 0 fully saturated rings. The number of hydrogen-bond acceptors (Lipinski definition) is 7. The van der Waals surface area contributed by atoms with Gasteiger partial charge >= 0.3 is 5.97 Å². The Balaban J connectivity index is 1.94. The van der Waals surface area contributed by atoms with Crippen molar-refractivity contribution in [2.75, 3.05) is 25.3 Å². The van der Waals surface area contributed by atoms with E-state index < -0.39 is 23.7 Å². The molecule has 33 heavy (non-hydrogen) atoms. The number of anilines is 1. The van der Waals surface area contributed by atoms with Gasteiger partial charge in [-0.05, 0) is 45.8 Å². The predicted molar refractivity (Wildman–Crippen MR) is 127 cm³/mol. The van der Waals surface area contributed by atoms with Gasteiger partial charge in [0.25, 0.3) is 0 Å². The molecule has 0 bridgehead atoms. The number of rotatable bonds is 7. The number of allylic oxidation sites excluding steroid dienone is 1. The molecule has 0 radical (unpaired) electrons. The maximum Gasteiger partial charge on any atom is 0.319 e. The zero-order chi connectivity index (χ0) is 24.0. The summed E-state index contributed by atoms with van der Waals surface area (Å²) in [5.74, 6) is -3.30. The summed E-state index contributed by atoms with van der Waals surface area (Å²) in [5, 5.41) is 15.5. The summed E-state index contributed by atoms with van der Waals surface area (Å²) in [5.41, 5.74) is 1.35. The third-order valence-electron chi connectivity index (χ3n) is 4.92. The number of carbonyl (C=O) groups is 3. The van der Waals surface area contributed by atoms with Crippen molar-refractivity contribution in [1.29, 1.82) is 5.26 Å². The zero-order valence-electron chi connectivity index (χ0n) is 17.8. The van der Waals surface area contributed by atoms with Crippen molar-refractivity contribution in [3.8, 4) is 11.8 Å². The van der Waals surface area contributed by atoms with E-state index in [1.165, 1.54) is 14.2 Å². The Morgan fingerprint density at radius 2 is 1.94 bits per heavy atom. The predicted octanol–water partition coefficient (Wildman–Crippen LogP) is 3.57. The minimum Gasteiger partial charge on any atom is -0.496 e. The van der Waals surface area contributed by atoms with Gasteiger partial charge in [-0.3, -0.25) is 14.4 Å². The number of thioether (sulfide) groups is 1. The van der Waals surface area contributed by atoms with Crippen molar-refractivity contribution in [1.82, 2.24) is 5.32 Å². The van der Waals surface area contributed by atoms with Gasteiger partial charge in [-0.25, -0.2) is 0 Å². The molecule has 1 aliphatic rings. The van der Waals surface area contributed by atoms with Gasteiger partial charge in [0.15, 0.2) is 0 Å². The van der Waals surface area contributed by atoms with Crippen LogP contribution in [0.4, 0.5) is 5.69 Å². The van der Waals surface area contributed by atoms with E-state index in [9.17, 15) is 19.6 Å². The molecule has 8 nitrogen and oxygen atoms in total. The number of esters is 1. The quantitative estimate of drug-likeness (QED) is 0.415. The van der Waals surface area contributed by atoms with Gasteiger partial charge in [0, 0.05) is 11.6 Å². The van der Waals surface area contributed by atoms with Crippen LogP contribution in [-0.2, 0) is 19.1 Å². The minimum atomic E-state index is -1.26.